The number of hydrogen-bond acceptors (Lipinski definition) is 3. The predicted octanol–water partition coefficient (Wildman–Crippen LogP) is 1.86. The van der Waals surface area contributed by atoms with Gasteiger partial charge in [-0.05, 0) is 24.5 Å². The van der Waals surface area contributed by atoms with Gasteiger partial charge in [-0.1, -0.05) is 34.1 Å². The van der Waals surface area contributed by atoms with E-state index < -0.39 is 0 Å². The van der Waals surface area contributed by atoms with Crippen molar-refractivity contribution in [1.82, 2.24) is 5.43 Å². The summed E-state index contributed by atoms with van der Waals surface area (Å²) >= 11 is 3.52. The molecule has 0 aromatic heterocycles. The van der Waals surface area contributed by atoms with E-state index in [1.54, 1.807) is 7.11 Å². The summed E-state index contributed by atoms with van der Waals surface area (Å²) in [5, 5.41) is 0. The van der Waals surface area contributed by atoms with E-state index in [1.807, 2.05) is 18.2 Å². The van der Waals surface area contributed by atoms with E-state index in [0.29, 0.717) is 0 Å². The van der Waals surface area contributed by atoms with Crippen molar-refractivity contribution in [3.63, 3.8) is 0 Å². The first-order chi connectivity index (χ1) is 7.27. The molecule has 0 aliphatic carbocycles. The van der Waals surface area contributed by atoms with Crippen molar-refractivity contribution in [2.24, 2.45) is 5.84 Å². The third-order valence-corrected chi connectivity index (χ3v) is 3.10. The third kappa shape index (κ3) is 4.30. The van der Waals surface area contributed by atoms with Crippen molar-refractivity contribution in [2.75, 3.05) is 13.7 Å². The molecule has 0 aliphatic rings. The maximum atomic E-state index is 5.49. The van der Waals surface area contributed by atoms with Gasteiger partial charge in [-0.15, -0.1) is 0 Å². The number of hydrogen-bond donors (Lipinski definition) is 2. The van der Waals surface area contributed by atoms with Crippen LogP contribution in [0.15, 0.2) is 28.7 Å². The van der Waals surface area contributed by atoms with Gasteiger partial charge in [-0.2, -0.15) is 0 Å². The number of hydrazine groups is 1. The normalized spacial score (nSPS) is 12.7. The highest BCUT2D eigenvalue weighted by atomic mass is 79.9. The van der Waals surface area contributed by atoms with Crippen LogP contribution in [0.1, 0.15) is 12.0 Å². The van der Waals surface area contributed by atoms with Crippen molar-refractivity contribution in [2.45, 2.75) is 18.9 Å². The van der Waals surface area contributed by atoms with Crippen LogP contribution >= 0.6 is 15.9 Å². The zero-order valence-corrected chi connectivity index (χ0v) is 10.5. The van der Waals surface area contributed by atoms with Gasteiger partial charge in [0.05, 0.1) is 0 Å². The topological polar surface area (TPSA) is 47.3 Å². The van der Waals surface area contributed by atoms with E-state index in [4.69, 9.17) is 10.6 Å². The summed E-state index contributed by atoms with van der Waals surface area (Å²) < 4.78 is 6.16. The molecule has 0 amide bonds. The molecule has 15 heavy (non-hydrogen) atoms. The van der Waals surface area contributed by atoms with Crippen LogP contribution in [0.2, 0.25) is 0 Å². The Morgan fingerprint density at radius 1 is 1.47 bits per heavy atom. The summed E-state index contributed by atoms with van der Waals surface area (Å²) in [5.74, 6) is 5.49. The lowest BCUT2D eigenvalue weighted by Crippen LogP contribution is -2.37. The molecule has 0 aliphatic heterocycles. The number of nitrogens with two attached hydrogens (primary N) is 1. The second kappa shape index (κ2) is 6.95. The van der Waals surface area contributed by atoms with Crippen LogP contribution in [0.5, 0.6) is 0 Å². The fourth-order valence-corrected chi connectivity index (χ4v) is 1.88. The number of benzene rings is 1. The molecule has 1 unspecified atom stereocenters. The maximum absolute atomic E-state index is 5.49. The van der Waals surface area contributed by atoms with E-state index in [2.05, 4.69) is 27.4 Å². The number of rotatable bonds is 6. The molecule has 0 fully saturated rings. The Hall–Kier alpha value is -0.420. The molecule has 3 nitrogen and oxygen atoms in total. The van der Waals surface area contributed by atoms with E-state index in [1.165, 1.54) is 5.56 Å². The Bertz CT molecular complexity index is 294. The first kappa shape index (κ1) is 12.6. The molecule has 0 bridgehead atoms. The van der Waals surface area contributed by atoms with Gasteiger partial charge in [0, 0.05) is 24.2 Å². The average molecular weight is 273 g/mol. The van der Waals surface area contributed by atoms with Crippen LogP contribution in [-0.4, -0.2) is 19.8 Å². The summed E-state index contributed by atoms with van der Waals surface area (Å²) in [4.78, 5) is 0. The summed E-state index contributed by atoms with van der Waals surface area (Å²) in [6.07, 6.45) is 1.82. The minimum Gasteiger partial charge on any atom is -0.385 e. The van der Waals surface area contributed by atoms with Gasteiger partial charge < -0.3 is 4.74 Å². The molecule has 1 aromatic carbocycles. The first-order valence-electron chi connectivity index (χ1n) is 4.96. The molecule has 0 saturated carbocycles. The predicted molar refractivity (Wildman–Crippen MR) is 65.5 cm³/mol. The van der Waals surface area contributed by atoms with Crippen LogP contribution in [-0.2, 0) is 11.2 Å². The van der Waals surface area contributed by atoms with Gasteiger partial charge in [0.1, 0.15) is 0 Å². The van der Waals surface area contributed by atoms with Crippen LogP contribution in [0.3, 0.4) is 0 Å². The fourth-order valence-electron chi connectivity index (χ4n) is 1.43. The van der Waals surface area contributed by atoms with Crippen LogP contribution < -0.4 is 11.3 Å². The number of halogens is 1. The Morgan fingerprint density at radius 2 is 2.20 bits per heavy atom. The van der Waals surface area contributed by atoms with Crippen molar-refractivity contribution in [3.8, 4) is 0 Å². The van der Waals surface area contributed by atoms with Gasteiger partial charge >= 0.3 is 0 Å². The largest absolute Gasteiger partial charge is 0.385 e. The number of methoxy groups -OCH3 is 1. The molecule has 84 valence electrons. The highest BCUT2D eigenvalue weighted by molar-refractivity contribution is 9.10. The Balaban J connectivity index is 2.54. The lowest BCUT2D eigenvalue weighted by atomic mass is 10.0. The smallest absolute Gasteiger partial charge is 0.0477 e. The van der Waals surface area contributed by atoms with Gasteiger partial charge in [0.25, 0.3) is 0 Å². The van der Waals surface area contributed by atoms with Gasteiger partial charge in [0.15, 0.2) is 0 Å². The average Bonchev–Trinajstić information content (AvgIpc) is 2.26. The molecule has 0 heterocycles. The second-order valence-corrected chi connectivity index (χ2v) is 4.29. The molecule has 1 rings (SSSR count). The quantitative estimate of drug-likeness (QED) is 0.614. The SMILES string of the molecule is COCCC(Cc1ccccc1Br)NN. The fraction of sp³-hybridized carbons (Fsp3) is 0.455. The van der Waals surface area contributed by atoms with Crippen LogP contribution in [0.25, 0.3) is 0 Å². The van der Waals surface area contributed by atoms with Gasteiger partial charge in [0.2, 0.25) is 0 Å². The first-order valence-corrected chi connectivity index (χ1v) is 5.75. The molecule has 4 heteroatoms. The van der Waals surface area contributed by atoms with E-state index in [0.717, 1.165) is 23.9 Å². The minimum absolute atomic E-state index is 0.253. The van der Waals surface area contributed by atoms with E-state index in [-0.39, 0.29) is 6.04 Å². The Morgan fingerprint density at radius 3 is 2.80 bits per heavy atom. The summed E-state index contributed by atoms with van der Waals surface area (Å²) in [6, 6.07) is 8.43. The molecule has 0 spiro atoms. The Kier molecular flexibility index (Phi) is 5.86. The highest BCUT2D eigenvalue weighted by Gasteiger charge is 2.09. The van der Waals surface area contributed by atoms with Crippen LogP contribution in [0, 0.1) is 0 Å². The van der Waals surface area contributed by atoms with Crippen LogP contribution in [0.4, 0.5) is 0 Å². The molecule has 0 saturated heterocycles. The van der Waals surface area contributed by atoms with Crippen molar-refractivity contribution in [3.05, 3.63) is 34.3 Å². The lowest BCUT2D eigenvalue weighted by Gasteiger charge is -2.16. The third-order valence-electron chi connectivity index (χ3n) is 2.33. The van der Waals surface area contributed by atoms with Crippen molar-refractivity contribution in [1.29, 1.82) is 0 Å². The maximum Gasteiger partial charge on any atom is 0.0477 e. The molecule has 0 radical (unpaired) electrons. The number of nitrogens with one attached hydrogen (secondary N) is 1. The monoisotopic (exact) mass is 272 g/mol. The molecule has 1 aromatic rings. The summed E-state index contributed by atoms with van der Waals surface area (Å²) in [6.45, 7) is 0.722. The van der Waals surface area contributed by atoms with E-state index >= 15 is 0 Å². The van der Waals surface area contributed by atoms with Gasteiger partial charge in [-0.3, -0.25) is 11.3 Å². The highest BCUT2D eigenvalue weighted by Crippen LogP contribution is 2.18. The Labute approximate surface area is 99.1 Å². The zero-order valence-electron chi connectivity index (χ0n) is 8.87. The molecular formula is C11H17BrN2O. The van der Waals surface area contributed by atoms with Crippen molar-refractivity contribution >= 4 is 15.9 Å². The number of ether oxygens (including phenoxy) is 1. The van der Waals surface area contributed by atoms with Gasteiger partial charge in [-0.25, -0.2) is 0 Å². The second-order valence-electron chi connectivity index (χ2n) is 3.44. The standard InChI is InChI=1S/C11H17BrN2O/c1-15-7-6-10(14-13)8-9-4-2-3-5-11(9)12/h2-5,10,14H,6-8,13H2,1H3. The minimum atomic E-state index is 0.253. The molecular weight excluding hydrogens is 256 g/mol. The van der Waals surface area contributed by atoms with E-state index in [9.17, 15) is 0 Å². The lowest BCUT2D eigenvalue weighted by molar-refractivity contribution is 0.182. The molecule has 3 N–H and O–H groups in total. The summed E-state index contributed by atoms with van der Waals surface area (Å²) in [5.41, 5.74) is 4.07. The summed E-state index contributed by atoms with van der Waals surface area (Å²) in [7, 11) is 1.70. The zero-order chi connectivity index (χ0) is 11.1. The molecule has 1 atom stereocenters. The van der Waals surface area contributed by atoms with Crippen molar-refractivity contribution < 1.29 is 4.74 Å².